The highest BCUT2D eigenvalue weighted by molar-refractivity contribution is 9.10. The third kappa shape index (κ3) is 2.71. The van der Waals surface area contributed by atoms with Crippen LogP contribution in [0.2, 0.25) is 0 Å². The minimum absolute atomic E-state index is 0.0863. The van der Waals surface area contributed by atoms with Crippen LogP contribution in [0.3, 0.4) is 0 Å². The van der Waals surface area contributed by atoms with Crippen LogP contribution in [0, 0.1) is 0 Å². The van der Waals surface area contributed by atoms with E-state index in [1.165, 1.54) is 36.4 Å². The van der Waals surface area contributed by atoms with Gasteiger partial charge in [-0.15, -0.1) is 0 Å². The zero-order valence-electron chi connectivity index (χ0n) is 14.5. The Labute approximate surface area is 178 Å². The van der Waals surface area contributed by atoms with Gasteiger partial charge in [0.2, 0.25) is 5.66 Å². The summed E-state index contributed by atoms with van der Waals surface area (Å²) in [6.45, 7) is 0. The lowest BCUT2D eigenvalue weighted by molar-refractivity contribution is -0.132. The van der Waals surface area contributed by atoms with Crippen molar-refractivity contribution in [3.63, 3.8) is 0 Å². The lowest BCUT2D eigenvalue weighted by atomic mass is 9.95. The van der Waals surface area contributed by atoms with Crippen LogP contribution >= 0.6 is 28.1 Å². The summed E-state index contributed by atoms with van der Waals surface area (Å²) >= 11 is 8.30. The van der Waals surface area contributed by atoms with Crippen LogP contribution in [-0.4, -0.2) is 38.6 Å². The number of hydrogen-bond acceptors (Lipinski definition) is 6. The predicted molar refractivity (Wildman–Crippen MR) is 111 cm³/mol. The van der Waals surface area contributed by atoms with E-state index < -0.39 is 34.6 Å². The van der Waals surface area contributed by atoms with Gasteiger partial charge in [0.1, 0.15) is 17.1 Å². The third-order valence-corrected chi connectivity index (χ3v) is 5.38. The summed E-state index contributed by atoms with van der Waals surface area (Å²) in [6.07, 6.45) is 0. The summed E-state index contributed by atoms with van der Waals surface area (Å²) in [4.78, 5) is 39.6. The van der Waals surface area contributed by atoms with Crippen molar-refractivity contribution in [1.29, 1.82) is 0 Å². The summed E-state index contributed by atoms with van der Waals surface area (Å²) < 4.78 is 0.733. The Kier molecular flexibility index (Phi) is 4.39. The first-order valence-electron chi connectivity index (χ1n) is 8.27. The molecular weight excluding hydrogens is 462 g/mol. The quantitative estimate of drug-likeness (QED) is 0.227. The van der Waals surface area contributed by atoms with Gasteiger partial charge in [-0.05, 0) is 36.5 Å². The number of aromatic hydroxyl groups is 1. The molecule has 0 bridgehead atoms. The predicted octanol–water partition coefficient (Wildman–Crippen LogP) is 1.74. The monoisotopic (exact) mass is 473 g/mol. The Morgan fingerprint density at radius 3 is 2.31 bits per heavy atom. The smallest absolute Gasteiger partial charge is 0.302 e. The van der Waals surface area contributed by atoms with Crippen LogP contribution in [0.4, 0.5) is 5.69 Å². The Morgan fingerprint density at radius 1 is 1.07 bits per heavy atom. The number of para-hydroxylation sites is 2. The molecule has 4 rings (SSSR count). The molecule has 0 radical (unpaired) electrons. The molecule has 4 N–H and O–H groups in total. The largest absolute Gasteiger partial charge is 0.507 e. The molecule has 2 aromatic carbocycles. The molecule has 10 heteroatoms. The number of carbonyl (C=O) groups is 3. The minimum atomic E-state index is -2.14. The number of phenols is 1. The number of hydrogen-bond donors (Lipinski definition) is 4. The fourth-order valence-corrected chi connectivity index (χ4v) is 3.90. The number of halogens is 1. The number of amides is 2. The summed E-state index contributed by atoms with van der Waals surface area (Å²) in [5.41, 5.74) is -2.49. The molecule has 2 aromatic rings. The molecule has 0 aromatic heterocycles. The van der Waals surface area contributed by atoms with E-state index in [2.05, 4.69) is 26.6 Å². The van der Waals surface area contributed by atoms with Gasteiger partial charge in [-0.25, -0.2) is 0 Å². The molecular formula is C19H12BrN3O5S. The van der Waals surface area contributed by atoms with E-state index in [0.29, 0.717) is 0 Å². The highest BCUT2D eigenvalue weighted by Crippen LogP contribution is 2.43. The topological polar surface area (TPSA) is 119 Å². The normalized spacial score (nSPS) is 22.9. The first-order valence-corrected chi connectivity index (χ1v) is 9.47. The van der Waals surface area contributed by atoms with E-state index in [4.69, 9.17) is 12.2 Å². The van der Waals surface area contributed by atoms with Crippen LogP contribution in [0.5, 0.6) is 5.75 Å². The maximum Gasteiger partial charge on any atom is 0.302 e. The zero-order valence-corrected chi connectivity index (χ0v) is 16.9. The van der Waals surface area contributed by atoms with Crippen LogP contribution in [0.15, 0.2) is 58.6 Å². The van der Waals surface area contributed by atoms with E-state index in [9.17, 15) is 24.6 Å². The highest BCUT2D eigenvalue weighted by Gasteiger charge is 2.65. The number of thiocarbonyl (C=S) groups is 1. The van der Waals surface area contributed by atoms with Crippen molar-refractivity contribution < 1.29 is 24.6 Å². The molecule has 1 unspecified atom stereocenters. The van der Waals surface area contributed by atoms with E-state index in [-0.39, 0.29) is 22.1 Å². The molecule has 8 nitrogen and oxygen atoms in total. The van der Waals surface area contributed by atoms with Gasteiger partial charge in [0.25, 0.3) is 11.7 Å². The molecule has 2 heterocycles. The Morgan fingerprint density at radius 2 is 1.72 bits per heavy atom. The van der Waals surface area contributed by atoms with Crippen molar-refractivity contribution in [3.8, 4) is 5.75 Å². The maximum atomic E-state index is 13.0. The first kappa shape index (κ1) is 19.1. The SMILES string of the molecule is O=C1C(=O)N(c2ccccc2O)C2(NC(=S)NC2=O)/C1=C(\O)c1ccc(Br)cc1. The number of ketones is 1. The second-order valence-electron chi connectivity index (χ2n) is 6.31. The van der Waals surface area contributed by atoms with Gasteiger partial charge in [0.05, 0.1) is 5.69 Å². The van der Waals surface area contributed by atoms with Gasteiger partial charge in [0, 0.05) is 10.0 Å². The third-order valence-electron chi connectivity index (χ3n) is 4.65. The number of nitrogens with zero attached hydrogens (tertiary/aromatic N) is 1. The average Bonchev–Trinajstić information content (AvgIpc) is 3.09. The summed E-state index contributed by atoms with van der Waals surface area (Å²) in [6, 6.07) is 12.0. The van der Waals surface area contributed by atoms with Crippen molar-refractivity contribution >= 4 is 62.3 Å². The number of anilines is 1. The number of phenolic OH excluding ortho intramolecular Hbond substituents is 1. The van der Waals surface area contributed by atoms with Crippen molar-refractivity contribution in [1.82, 2.24) is 10.6 Å². The summed E-state index contributed by atoms with van der Waals surface area (Å²) in [7, 11) is 0. The second kappa shape index (κ2) is 6.68. The van der Waals surface area contributed by atoms with E-state index in [1.807, 2.05) is 0 Å². The molecule has 0 saturated carbocycles. The van der Waals surface area contributed by atoms with Crippen LogP contribution < -0.4 is 15.5 Å². The van der Waals surface area contributed by atoms with Gasteiger partial charge in [0.15, 0.2) is 5.11 Å². The Balaban J connectivity index is 2.02. The number of carbonyl (C=O) groups excluding carboxylic acids is 3. The van der Waals surface area contributed by atoms with Crippen molar-refractivity contribution in [2.45, 2.75) is 5.66 Å². The van der Waals surface area contributed by atoms with Crippen molar-refractivity contribution in [3.05, 3.63) is 64.1 Å². The van der Waals surface area contributed by atoms with Gasteiger partial charge < -0.3 is 15.5 Å². The molecule has 29 heavy (non-hydrogen) atoms. The fourth-order valence-electron chi connectivity index (χ4n) is 3.39. The molecule has 1 spiro atoms. The molecule has 146 valence electrons. The van der Waals surface area contributed by atoms with Crippen LogP contribution in [0.1, 0.15) is 5.56 Å². The molecule has 2 saturated heterocycles. The Bertz CT molecular complexity index is 1130. The minimum Gasteiger partial charge on any atom is -0.507 e. The van der Waals surface area contributed by atoms with Gasteiger partial charge in [-0.3, -0.25) is 24.6 Å². The molecule has 2 amide bonds. The number of benzene rings is 2. The average molecular weight is 474 g/mol. The second-order valence-corrected chi connectivity index (χ2v) is 7.63. The van der Waals surface area contributed by atoms with E-state index in [0.717, 1.165) is 9.37 Å². The lowest BCUT2D eigenvalue weighted by Crippen LogP contribution is -2.59. The number of Topliss-reactive ketones (excluding diaryl/α,β-unsaturated/α-hetero) is 1. The summed E-state index contributed by atoms with van der Waals surface area (Å²) in [5.74, 6) is -3.91. The molecule has 1 atom stereocenters. The first-order chi connectivity index (χ1) is 13.8. The number of aliphatic hydroxyl groups excluding tert-OH is 1. The van der Waals surface area contributed by atoms with Crippen molar-refractivity contribution in [2.24, 2.45) is 0 Å². The number of aliphatic hydroxyl groups is 1. The number of rotatable bonds is 2. The van der Waals surface area contributed by atoms with Gasteiger partial charge in [-0.1, -0.05) is 40.2 Å². The van der Waals surface area contributed by atoms with E-state index in [1.54, 1.807) is 12.1 Å². The highest BCUT2D eigenvalue weighted by atomic mass is 79.9. The van der Waals surface area contributed by atoms with Crippen molar-refractivity contribution in [2.75, 3.05) is 4.90 Å². The van der Waals surface area contributed by atoms with Gasteiger partial charge >= 0.3 is 5.91 Å². The molecule has 2 aliphatic rings. The molecule has 2 aliphatic heterocycles. The maximum absolute atomic E-state index is 13.0. The molecule has 2 fully saturated rings. The zero-order chi connectivity index (χ0) is 20.9. The standard InChI is InChI=1S/C19H12BrN3O5S/c20-10-7-5-9(6-8-10)14(25)13-15(26)16(27)23(11-3-1-2-4-12(11)24)19(13)17(28)21-18(29)22-19/h1-8,24-25H,(H2,21,22,28,29)/b14-13-. The Hall–Kier alpha value is -3.24. The van der Waals surface area contributed by atoms with Gasteiger partial charge in [-0.2, -0.15) is 0 Å². The number of nitrogens with one attached hydrogen (secondary N) is 2. The van der Waals surface area contributed by atoms with Crippen LogP contribution in [0.25, 0.3) is 5.76 Å². The van der Waals surface area contributed by atoms with E-state index >= 15 is 0 Å². The molecule has 0 aliphatic carbocycles. The fraction of sp³-hybridized carbons (Fsp3) is 0.0526. The summed E-state index contributed by atoms with van der Waals surface area (Å²) in [5, 5.41) is 26.0. The van der Waals surface area contributed by atoms with Crippen LogP contribution in [-0.2, 0) is 14.4 Å². The lowest BCUT2D eigenvalue weighted by Gasteiger charge is -2.32.